The number of hydrogen-bond donors (Lipinski definition) is 0. The molecule has 2 nitrogen and oxygen atoms in total. The van der Waals surface area contributed by atoms with Crippen LogP contribution in [0.1, 0.15) is 90.0 Å². The smallest absolute Gasteiger partial charge is 0.123 e. The molecule has 0 N–H and O–H groups in total. The van der Waals surface area contributed by atoms with Gasteiger partial charge in [-0.3, -0.25) is 0 Å². The average Bonchev–Trinajstić information content (AvgIpc) is 2.62. The molecular formula is C23H38O2. The SMILES string of the molecule is CCOc1cc(CCCCCCCC2CCCCC2)cc(OCC)c1. The van der Waals surface area contributed by atoms with Crippen LogP contribution < -0.4 is 9.47 Å². The number of hydrogen-bond acceptors (Lipinski definition) is 2. The molecule has 1 fully saturated rings. The lowest BCUT2D eigenvalue weighted by Gasteiger charge is -2.21. The molecule has 2 heteroatoms. The van der Waals surface area contributed by atoms with E-state index < -0.39 is 0 Å². The van der Waals surface area contributed by atoms with Gasteiger partial charge in [-0.1, -0.05) is 64.2 Å². The maximum absolute atomic E-state index is 5.67. The minimum absolute atomic E-state index is 0.704. The third-order valence-corrected chi connectivity index (χ3v) is 5.36. The lowest BCUT2D eigenvalue weighted by molar-refractivity contribution is 0.322. The summed E-state index contributed by atoms with van der Waals surface area (Å²) in [5, 5.41) is 0. The van der Waals surface area contributed by atoms with E-state index in [-0.39, 0.29) is 0 Å². The van der Waals surface area contributed by atoms with Crippen LogP contribution in [-0.2, 0) is 6.42 Å². The summed E-state index contributed by atoms with van der Waals surface area (Å²) in [6.45, 7) is 5.46. The van der Waals surface area contributed by atoms with Crippen LogP contribution in [0.25, 0.3) is 0 Å². The van der Waals surface area contributed by atoms with Crippen molar-refractivity contribution in [3.63, 3.8) is 0 Å². The van der Waals surface area contributed by atoms with Gasteiger partial charge in [0.1, 0.15) is 11.5 Å². The first-order chi connectivity index (χ1) is 12.3. The van der Waals surface area contributed by atoms with Crippen LogP contribution >= 0.6 is 0 Å². The van der Waals surface area contributed by atoms with Gasteiger partial charge in [-0.15, -0.1) is 0 Å². The molecule has 1 saturated carbocycles. The van der Waals surface area contributed by atoms with E-state index in [1.807, 2.05) is 19.9 Å². The van der Waals surface area contributed by atoms with Gasteiger partial charge in [0.2, 0.25) is 0 Å². The first kappa shape index (κ1) is 20.1. The molecule has 0 unspecified atom stereocenters. The third kappa shape index (κ3) is 8.16. The summed E-state index contributed by atoms with van der Waals surface area (Å²) in [5.41, 5.74) is 1.34. The molecule has 0 bridgehead atoms. The fourth-order valence-electron chi connectivity index (χ4n) is 4.04. The van der Waals surface area contributed by atoms with Crippen LogP contribution in [-0.4, -0.2) is 13.2 Å². The van der Waals surface area contributed by atoms with Gasteiger partial charge in [-0.2, -0.15) is 0 Å². The van der Waals surface area contributed by atoms with Crippen molar-refractivity contribution < 1.29 is 9.47 Å². The number of ether oxygens (including phenoxy) is 2. The van der Waals surface area contributed by atoms with E-state index in [9.17, 15) is 0 Å². The molecule has 1 aliphatic rings. The highest BCUT2D eigenvalue weighted by atomic mass is 16.5. The fourth-order valence-corrected chi connectivity index (χ4v) is 4.04. The Morgan fingerprint density at radius 3 is 2.00 bits per heavy atom. The van der Waals surface area contributed by atoms with Crippen molar-refractivity contribution in [3.8, 4) is 11.5 Å². The summed E-state index contributed by atoms with van der Waals surface area (Å²) in [6, 6.07) is 6.35. The normalized spacial score (nSPS) is 15.3. The van der Waals surface area contributed by atoms with Gasteiger partial charge >= 0.3 is 0 Å². The highest BCUT2D eigenvalue weighted by Gasteiger charge is 2.12. The zero-order chi connectivity index (χ0) is 17.7. The van der Waals surface area contributed by atoms with Gasteiger partial charge in [0.25, 0.3) is 0 Å². The number of unbranched alkanes of at least 4 members (excludes halogenated alkanes) is 4. The first-order valence-corrected chi connectivity index (χ1v) is 10.7. The fraction of sp³-hybridized carbons (Fsp3) is 0.739. The first-order valence-electron chi connectivity index (χ1n) is 10.7. The van der Waals surface area contributed by atoms with Gasteiger partial charge < -0.3 is 9.47 Å². The molecule has 0 radical (unpaired) electrons. The largest absolute Gasteiger partial charge is 0.494 e. The Balaban J connectivity index is 1.61. The Morgan fingerprint density at radius 2 is 1.36 bits per heavy atom. The molecule has 2 rings (SSSR count). The Kier molecular flexibility index (Phi) is 9.84. The molecule has 0 amide bonds. The van der Waals surface area contributed by atoms with E-state index >= 15 is 0 Å². The maximum Gasteiger partial charge on any atom is 0.123 e. The topological polar surface area (TPSA) is 18.5 Å². The lowest BCUT2D eigenvalue weighted by atomic mass is 9.85. The van der Waals surface area contributed by atoms with Crippen molar-refractivity contribution in [2.45, 2.75) is 90.9 Å². The number of aryl methyl sites for hydroxylation is 1. The molecular weight excluding hydrogens is 308 g/mol. The highest BCUT2D eigenvalue weighted by Crippen LogP contribution is 2.28. The summed E-state index contributed by atoms with van der Waals surface area (Å²) in [4.78, 5) is 0. The Hall–Kier alpha value is -1.18. The quantitative estimate of drug-likeness (QED) is 0.381. The molecule has 1 aromatic rings. The Morgan fingerprint density at radius 1 is 0.760 bits per heavy atom. The number of rotatable bonds is 12. The van der Waals surface area contributed by atoms with Crippen molar-refractivity contribution in [1.29, 1.82) is 0 Å². The molecule has 0 spiro atoms. The zero-order valence-electron chi connectivity index (χ0n) is 16.5. The second kappa shape index (κ2) is 12.2. The van der Waals surface area contributed by atoms with E-state index in [2.05, 4.69) is 12.1 Å². The van der Waals surface area contributed by atoms with E-state index in [0.29, 0.717) is 13.2 Å². The van der Waals surface area contributed by atoms with E-state index in [4.69, 9.17) is 9.47 Å². The van der Waals surface area contributed by atoms with Crippen LogP contribution in [0.5, 0.6) is 11.5 Å². The van der Waals surface area contributed by atoms with Gasteiger partial charge in [0.05, 0.1) is 13.2 Å². The summed E-state index contributed by atoms with van der Waals surface area (Å²) in [5.74, 6) is 2.93. The molecule has 0 aromatic heterocycles. The second-order valence-electron chi connectivity index (χ2n) is 7.49. The van der Waals surface area contributed by atoms with Crippen LogP contribution in [0.2, 0.25) is 0 Å². The van der Waals surface area contributed by atoms with Crippen LogP contribution in [0.4, 0.5) is 0 Å². The van der Waals surface area contributed by atoms with Crippen LogP contribution in [0.15, 0.2) is 18.2 Å². The van der Waals surface area contributed by atoms with Crippen molar-refractivity contribution in [3.05, 3.63) is 23.8 Å². The van der Waals surface area contributed by atoms with Gasteiger partial charge in [-0.05, 0) is 50.3 Å². The van der Waals surface area contributed by atoms with Gasteiger partial charge in [0, 0.05) is 6.07 Å². The van der Waals surface area contributed by atoms with Crippen LogP contribution in [0.3, 0.4) is 0 Å². The summed E-state index contributed by atoms with van der Waals surface area (Å²) >= 11 is 0. The highest BCUT2D eigenvalue weighted by molar-refractivity contribution is 5.38. The third-order valence-electron chi connectivity index (χ3n) is 5.36. The Bertz CT molecular complexity index is 439. The van der Waals surface area contributed by atoms with Crippen molar-refractivity contribution in [2.75, 3.05) is 13.2 Å². The average molecular weight is 347 g/mol. The molecule has 0 atom stereocenters. The maximum atomic E-state index is 5.67. The van der Waals surface area contributed by atoms with Crippen LogP contribution in [0, 0.1) is 5.92 Å². The van der Waals surface area contributed by atoms with E-state index in [1.165, 1.54) is 76.2 Å². The Labute approximate surface area is 155 Å². The predicted molar refractivity (Wildman–Crippen MR) is 107 cm³/mol. The zero-order valence-corrected chi connectivity index (χ0v) is 16.5. The summed E-state index contributed by atoms with van der Waals surface area (Å²) < 4.78 is 11.3. The minimum atomic E-state index is 0.704. The molecule has 25 heavy (non-hydrogen) atoms. The lowest BCUT2D eigenvalue weighted by Crippen LogP contribution is -2.05. The van der Waals surface area contributed by atoms with E-state index in [0.717, 1.165) is 23.8 Å². The molecule has 1 aliphatic carbocycles. The summed E-state index contributed by atoms with van der Waals surface area (Å²) in [6.07, 6.45) is 16.9. The molecule has 0 saturated heterocycles. The van der Waals surface area contributed by atoms with Gasteiger partial charge in [0.15, 0.2) is 0 Å². The standard InChI is InChI=1S/C23H38O2/c1-3-24-22-17-21(18-23(19-22)25-4-2)16-10-7-5-6-9-13-20-14-11-8-12-15-20/h17-20H,3-16H2,1-2H3. The van der Waals surface area contributed by atoms with E-state index in [1.54, 1.807) is 0 Å². The van der Waals surface area contributed by atoms with Crippen molar-refractivity contribution in [2.24, 2.45) is 5.92 Å². The second-order valence-corrected chi connectivity index (χ2v) is 7.49. The monoisotopic (exact) mass is 346 g/mol. The number of benzene rings is 1. The van der Waals surface area contributed by atoms with Crippen molar-refractivity contribution in [1.82, 2.24) is 0 Å². The molecule has 0 heterocycles. The van der Waals surface area contributed by atoms with Gasteiger partial charge in [-0.25, -0.2) is 0 Å². The molecule has 1 aromatic carbocycles. The molecule has 142 valence electrons. The summed E-state index contributed by atoms with van der Waals surface area (Å²) in [7, 11) is 0. The van der Waals surface area contributed by atoms with Crippen molar-refractivity contribution >= 4 is 0 Å². The minimum Gasteiger partial charge on any atom is -0.494 e. The molecule has 0 aliphatic heterocycles. The predicted octanol–water partition coefficient (Wildman–Crippen LogP) is 6.95.